The molecule has 0 unspecified atom stereocenters. The molecule has 0 saturated heterocycles. The Labute approximate surface area is 108 Å². The van der Waals surface area contributed by atoms with E-state index < -0.39 is 0 Å². The van der Waals surface area contributed by atoms with Gasteiger partial charge in [-0.1, -0.05) is 23.4 Å². The molecular weight excluding hydrogens is 230 g/mol. The fraction of sp³-hybridized carbons (Fsp3) is 0.462. The van der Waals surface area contributed by atoms with Crippen LogP contribution in [0.4, 0.5) is 5.69 Å². The molecule has 0 fully saturated rings. The first kappa shape index (κ1) is 14.3. The zero-order chi connectivity index (χ0) is 13.2. The van der Waals surface area contributed by atoms with E-state index in [9.17, 15) is 0 Å². The molecule has 0 spiro atoms. The maximum Gasteiger partial charge on any atom is 0.140 e. The van der Waals surface area contributed by atoms with Crippen LogP contribution in [0.1, 0.15) is 13.3 Å². The van der Waals surface area contributed by atoms with Crippen molar-refractivity contribution in [1.82, 2.24) is 0 Å². The van der Waals surface area contributed by atoms with Crippen molar-refractivity contribution < 1.29 is 9.94 Å². The minimum Gasteiger partial charge on any atom is -0.409 e. The number of nitrogens with zero attached hydrogens (tertiary/aromatic N) is 2. The molecule has 1 aromatic carbocycles. The van der Waals surface area contributed by atoms with Crippen LogP contribution in [0.15, 0.2) is 35.5 Å². The van der Waals surface area contributed by atoms with E-state index >= 15 is 0 Å². The van der Waals surface area contributed by atoms with Gasteiger partial charge in [0.25, 0.3) is 0 Å². The van der Waals surface area contributed by atoms with Gasteiger partial charge in [0.1, 0.15) is 5.84 Å². The molecule has 0 aliphatic carbocycles. The third-order valence-corrected chi connectivity index (χ3v) is 2.60. The monoisotopic (exact) mass is 251 g/mol. The third kappa shape index (κ3) is 5.05. The van der Waals surface area contributed by atoms with Gasteiger partial charge in [-0.15, -0.1) is 0 Å². The SMILES string of the molecule is CCOCCN(CC/C(N)=N/O)c1ccccc1. The Bertz CT molecular complexity index is 355. The maximum absolute atomic E-state index is 8.55. The smallest absolute Gasteiger partial charge is 0.140 e. The molecule has 1 rings (SSSR count). The van der Waals surface area contributed by atoms with Crippen molar-refractivity contribution in [1.29, 1.82) is 0 Å². The molecule has 0 aliphatic heterocycles. The lowest BCUT2D eigenvalue weighted by Gasteiger charge is -2.24. The van der Waals surface area contributed by atoms with Crippen LogP contribution in [-0.4, -0.2) is 37.3 Å². The molecule has 5 heteroatoms. The van der Waals surface area contributed by atoms with E-state index in [-0.39, 0.29) is 5.84 Å². The lowest BCUT2D eigenvalue weighted by molar-refractivity contribution is 0.154. The molecule has 0 amide bonds. The number of rotatable bonds is 8. The predicted molar refractivity (Wildman–Crippen MR) is 73.2 cm³/mol. The molecular formula is C13H21N3O2. The molecule has 18 heavy (non-hydrogen) atoms. The molecule has 0 aromatic heterocycles. The Kier molecular flexibility index (Phi) is 6.64. The molecule has 0 atom stereocenters. The Morgan fingerprint density at radius 3 is 2.67 bits per heavy atom. The number of ether oxygens (including phenoxy) is 1. The van der Waals surface area contributed by atoms with Crippen LogP contribution in [-0.2, 0) is 4.74 Å². The molecule has 0 saturated carbocycles. The summed E-state index contributed by atoms with van der Waals surface area (Å²) in [6.45, 7) is 4.84. The van der Waals surface area contributed by atoms with Gasteiger partial charge in [0.05, 0.1) is 6.61 Å². The van der Waals surface area contributed by atoms with E-state index in [4.69, 9.17) is 15.7 Å². The summed E-state index contributed by atoms with van der Waals surface area (Å²) in [5.74, 6) is 0.243. The summed E-state index contributed by atoms with van der Waals surface area (Å²) in [5, 5.41) is 11.5. The molecule has 3 N–H and O–H groups in total. The summed E-state index contributed by atoms with van der Waals surface area (Å²) < 4.78 is 5.37. The summed E-state index contributed by atoms with van der Waals surface area (Å²) in [6, 6.07) is 10.0. The summed E-state index contributed by atoms with van der Waals surface area (Å²) in [4.78, 5) is 2.16. The van der Waals surface area contributed by atoms with E-state index in [0.29, 0.717) is 26.2 Å². The van der Waals surface area contributed by atoms with Gasteiger partial charge in [-0.3, -0.25) is 0 Å². The second-order valence-electron chi connectivity index (χ2n) is 3.86. The van der Waals surface area contributed by atoms with Crippen molar-refractivity contribution in [2.45, 2.75) is 13.3 Å². The molecule has 0 bridgehead atoms. The highest BCUT2D eigenvalue weighted by Crippen LogP contribution is 2.13. The van der Waals surface area contributed by atoms with E-state index in [1.807, 2.05) is 37.3 Å². The number of oxime groups is 1. The third-order valence-electron chi connectivity index (χ3n) is 2.60. The van der Waals surface area contributed by atoms with Crippen LogP contribution in [0.5, 0.6) is 0 Å². The van der Waals surface area contributed by atoms with Gasteiger partial charge < -0.3 is 20.6 Å². The molecule has 5 nitrogen and oxygen atoms in total. The minimum absolute atomic E-state index is 0.243. The summed E-state index contributed by atoms with van der Waals surface area (Å²) >= 11 is 0. The maximum atomic E-state index is 8.55. The van der Waals surface area contributed by atoms with Gasteiger partial charge >= 0.3 is 0 Å². The Hall–Kier alpha value is -1.75. The second-order valence-corrected chi connectivity index (χ2v) is 3.86. The number of para-hydroxylation sites is 1. The van der Waals surface area contributed by atoms with Crippen LogP contribution in [0.2, 0.25) is 0 Å². The fourth-order valence-corrected chi connectivity index (χ4v) is 1.63. The number of amidine groups is 1. The van der Waals surface area contributed by atoms with Gasteiger partial charge in [0.15, 0.2) is 0 Å². The number of anilines is 1. The van der Waals surface area contributed by atoms with E-state index in [2.05, 4.69) is 10.1 Å². The lowest BCUT2D eigenvalue weighted by Crippen LogP contribution is -2.31. The highest BCUT2D eigenvalue weighted by molar-refractivity contribution is 5.80. The van der Waals surface area contributed by atoms with Crippen LogP contribution < -0.4 is 10.6 Å². The van der Waals surface area contributed by atoms with Crippen LogP contribution >= 0.6 is 0 Å². The van der Waals surface area contributed by atoms with Crippen molar-refractivity contribution in [3.8, 4) is 0 Å². The number of hydrogen-bond acceptors (Lipinski definition) is 4. The largest absolute Gasteiger partial charge is 0.409 e. The predicted octanol–water partition coefficient (Wildman–Crippen LogP) is 1.67. The number of hydrogen-bond donors (Lipinski definition) is 2. The van der Waals surface area contributed by atoms with Crippen LogP contribution in [0, 0.1) is 0 Å². The standard InChI is InChI=1S/C13H21N3O2/c1-2-18-11-10-16(9-8-13(14)15-17)12-6-4-3-5-7-12/h3-7,17H,2,8-11H2,1H3,(H2,14,15). The average Bonchev–Trinajstić information content (AvgIpc) is 2.43. The highest BCUT2D eigenvalue weighted by atomic mass is 16.5. The van der Waals surface area contributed by atoms with E-state index in [1.165, 1.54) is 0 Å². The van der Waals surface area contributed by atoms with Gasteiger partial charge in [0, 0.05) is 31.8 Å². The molecule has 0 heterocycles. The first-order chi connectivity index (χ1) is 8.77. The molecule has 1 aromatic rings. The summed E-state index contributed by atoms with van der Waals surface area (Å²) in [5.41, 5.74) is 6.61. The van der Waals surface area contributed by atoms with E-state index in [0.717, 1.165) is 12.2 Å². The summed E-state index contributed by atoms with van der Waals surface area (Å²) in [7, 11) is 0. The lowest BCUT2D eigenvalue weighted by atomic mass is 10.2. The first-order valence-electron chi connectivity index (χ1n) is 6.12. The number of nitrogens with two attached hydrogens (primary N) is 1. The zero-order valence-corrected chi connectivity index (χ0v) is 10.7. The van der Waals surface area contributed by atoms with Gasteiger partial charge in [-0.05, 0) is 19.1 Å². The fourth-order valence-electron chi connectivity index (χ4n) is 1.63. The molecule has 0 aliphatic rings. The Balaban J connectivity index is 2.57. The Morgan fingerprint density at radius 1 is 1.33 bits per heavy atom. The average molecular weight is 251 g/mol. The number of benzene rings is 1. The van der Waals surface area contributed by atoms with Crippen molar-refractivity contribution in [2.75, 3.05) is 31.2 Å². The molecule has 100 valence electrons. The summed E-state index contributed by atoms with van der Waals surface area (Å²) in [6.07, 6.45) is 0.525. The van der Waals surface area contributed by atoms with Gasteiger partial charge in [0.2, 0.25) is 0 Å². The minimum atomic E-state index is 0.243. The van der Waals surface area contributed by atoms with Crippen molar-refractivity contribution in [3.05, 3.63) is 30.3 Å². The van der Waals surface area contributed by atoms with Crippen LogP contribution in [0.25, 0.3) is 0 Å². The normalized spacial score (nSPS) is 11.5. The zero-order valence-electron chi connectivity index (χ0n) is 10.7. The second kappa shape index (κ2) is 8.36. The van der Waals surface area contributed by atoms with E-state index in [1.54, 1.807) is 0 Å². The highest BCUT2D eigenvalue weighted by Gasteiger charge is 2.06. The van der Waals surface area contributed by atoms with Gasteiger partial charge in [-0.2, -0.15) is 0 Å². The quantitative estimate of drug-likeness (QED) is 0.242. The van der Waals surface area contributed by atoms with Crippen LogP contribution in [0.3, 0.4) is 0 Å². The molecule has 0 radical (unpaired) electrons. The first-order valence-corrected chi connectivity index (χ1v) is 6.12. The van der Waals surface area contributed by atoms with Crippen molar-refractivity contribution in [3.63, 3.8) is 0 Å². The van der Waals surface area contributed by atoms with Crippen molar-refractivity contribution >= 4 is 11.5 Å². The van der Waals surface area contributed by atoms with Crippen molar-refractivity contribution in [2.24, 2.45) is 10.9 Å². The Morgan fingerprint density at radius 2 is 2.06 bits per heavy atom. The van der Waals surface area contributed by atoms with Gasteiger partial charge in [-0.25, -0.2) is 0 Å². The topological polar surface area (TPSA) is 71.1 Å².